The van der Waals surface area contributed by atoms with Gasteiger partial charge in [0.05, 0.1) is 8.07 Å². The van der Waals surface area contributed by atoms with Crippen molar-refractivity contribution in [3.05, 3.63) is 175 Å². The van der Waals surface area contributed by atoms with E-state index in [1.807, 2.05) is 0 Å². The summed E-state index contributed by atoms with van der Waals surface area (Å²) < 4.78 is 7.01. The Morgan fingerprint density at radius 1 is 0.473 bits per heavy atom. The first kappa shape index (κ1) is 31.2. The lowest BCUT2D eigenvalue weighted by atomic mass is 9.82. The highest BCUT2D eigenvalue weighted by atomic mass is 28.3. The zero-order valence-electron chi connectivity index (χ0n) is 31.2. The van der Waals surface area contributed by atoms with Crippen LogP contribution in [0.2, 0.25) is 19.6 Å². The Morgan fingerprint density at radius 3 is 1.60 bits per heavy atom. The maximum atomic E-state index is 7.01. The van der Waals surface area contributed by atoms with E-state index < -0.39 is 8.07 Å². The second-order valence-electron chi connectivity index (χ2n) is 16.8. The summed E-state index contributed by atoms with van der Waals surface area (Å²) in [6.07, 6.45) is 7.01. The van der Waals surface area contributed by atoms with Gasteiger partial charge in [0, 0.05) is 17.0 Å². The molecule has 0 spiro atoms. The van der Waals surface area contributed by atoms with Gasteiger partial charge in [-0.1, -0.05) is 170 Å². The zero-order chi connectivity index (χ0) is 36.6. The molecule has 0 aromatic heterocycles. The van der Waals surface area contributed by atoms with Gasteiger partial charge in [0.2, 0.25) is 0 Å². The molecular formula is C53H38OSi. The van der Waals surface area contributed by atoms with Crippen molar-refractivity contribution in [3.63, 3.8) is 0 Å². The van der Waals surface area contributed by atoms with E-state index in [9.17, 15) is 0 Å². The molecule has 12 rings (SSSR count). The van der Waals surface area contributed by atoms with Crippen LogP contribution in [0.1, 0.15) is 17.0 Å². The van der Waals surface area contributed by atoms with Gasteiger partial charge in [0.25, 0.3) is 0 Å². The van der Waals surface area contributed by atoms with Crippen LogP contribution in [0.15, 0.2) is 164 Å². The summed E-state index contributed by atoms with van der Waals surface area (Å²) in [5.41, 5.74) is 8.66. The molecule has 2 unspecified atom stereocenters. The number of rotatable bonds is 4. The molecule has 2 aliphatic rings. The number of ether oxygens (including phenoxy) is 1. The van der Waals surface area contributed by atoms with Crippen molar-refractivity contribution >= 4 is 83.5 Å². The van der Waals surface area contributed by atoms with E-state index in [1.54, 1.807) is 0 Å². The molecule has 0 radical (unpaired) electrons. The van der Waals surface area contributed by atoms with Crippen molar-refractivity contribution < 1.29 is 4.74 Å². The molecule has 2 heteroatoms. The van der Waals surface area contributed by atoms with E-state index in [4.69, 9.17) is 4.74 Å². The number of benzene rings is 10. The molecule has 0 bridgehead atoms. The molecule has 1 heterocycles. The Balaban J connectivity index is 1.07. The summed E-state index contributed by atoms with van der Waals surface area (Å²) in [6.45, 7) is 7.25. The lowest BCUT2D eigenvalue weighted by Gasteiger charge is -2.21. The highest BCUT2D eigenvalue weighted by Gasteiger charge is 2.36. The molecule has 0 saturated carbocycles. The van der Waals surface area contributed by atoms with E-state index in [1.165, 1.54) is 109 Å². The topological polar surface area (TPSA) is 9.23 Å². The van der Waals surface area contributed by atoms with E-state index in [2.05, 4.69) is 183 Å². The van der Waals surface area contributed by atoms with E-state index >= 15 is 0 Å². The Morgan fingerprint density at radius 2 is 1.00 bits per heavy atom. The van der Waals surface area contributed by atoms with Gasteiger partial charge in [0.1, 0.15) is 11.9 Å². The fourth-order valence-electron chi connectivity index (χ4n) is 9.88. The van der Waals surface area contributed by atoms with Crippen LogP contribution < -0.4 is 9.92 Å². The minimum Gasteiger partial charge on any atom is -0.484 e. The summed E-state index contributed by atoms with van der Waals surface area (Å²) in [7, 11) is -1.46. The van der Waals surface area contributed by atoms with Gasteiger partial charge < -0.3 is 4.74 Å². The third kappa shape index (κ3) is 4.52. The molecule has 2 atom stereocenters. The molecule has 0 amide bonds. The second kappa shape index (κ2) is 11.2. The van der Waals surface area contributed by atoms with Crippen LogP contribution in [0.5, 0.6) is 5.75 Å². The standard InChI is InChI=1S/C53H38OSi/c1-55(2,3)40-21-14-31(15-22-40)45-29-39(42-24-17-37-13-11-33-7-5-9-35-19-26-44(42)52(37)50(33)35)30-47-46-28-38(20-27-48(46)54-53(45)47)41-23-16-36-12-10-32-6-4-8-34-18-25-43(41)51(36)49(32)34/h4-30,46,48H,1-3H3. The molecular weight excluding hydrogens is 681 g/mol. The van der Waals surface area contributed by atoms with Crippen LogP contribution in [-0.2, 0) is 0 Å². The molecule has 0 fully saturated rings. The Labute approximate surface area is 321 Å². The van der Waals surface area contributed by atoms with Gasteiger partial charge >= 0.3 is 0 Å². The first-order chi connectivity index (χ1) is 26.9. The van der Waals surface area contributed by atoms with Crippen LogP contribution in [0.4, 0.5) is 0 Å². The lowest BCUT2D eigenvalue weighted by Crippen LogP contribution is -2.37. The number of allylic oxidation sites excluding steroid dienone is 2. The zero-order valence-corrected chi connectivity index (χ0v) is 32.2. The maximum Gasteiger partial charge on any atom is 0.132 e. The molecule has 55 heavy (non-hydrogen) atoms. The van der Waals surface area contributed by atoms with Gasteiger partial charge in [-0.05, 0) is 111 Å². The second-order valence-corrected chi connectivity index (χ2v) is 21.9. The fourth-order valence-corrected chi connectivity index (χ4v) is 11.0. The normalized spacial score (nSPS) is 16.8. The van der Waals surface area contributed by atoms with Gasteiger partial charge in [0.15, 0.2) is 0 Å². The van der Waals surface area contributed by atoms with Crippen molar-refractivity contribution in [1.82, 2.24) is 0 Å². The summed E-state index contributed by atoms with van der Waals surface area (Å²) in [5.74, 6) is 1.10. The maximum absolute atomic E-state index is 7.01. The minimum absolute atomic E-state index is 0.0600. The number of hydrogen-bond acceptors (Lipinski definition) is 1. The van der Waals surface area contributed by atoms with Gasteiger partial charge in [-0.15, -0.1) is 0 Å². The van der Waals surface area contributed by atoms with Crippen LogP contribution in [0, 0.1) is 0 Å². The monoisotopic (exact) mass is 718 g/mol. The summed E-state index contributed by atoms with van der Waals surface area (Å²) in [6, 6.07) is 55.1. The third-order valence-corrected chi connectivity index (χ3v) is 14.7. The minimum atomic E-state index is -1.46. The fraction of sp³-hybridized carbons (Fsp3) is 0.0943. The molecule has 0 saturated heterocycles. The third-order valence-electron chi connectivity index (χ3n) is 12.7. The average Bonchev–Trinajstić information content (AvgIpc) is 3.59. The molecule has 10 aromatic carbocycles. The van der Waals surface area contributed by atoms with Crippen molar-refractivity contribution in [1.29, 1.82) is 0 Å². The summed E-state index contributed by atoms with van der Waals surface area (Å²) in [5, 5.41) is 17.2. The van der Waals surface area contributed by atoms with E-state index in [-0.39, 0.29) is 12.0 Å². The first-order valence-corrected chi connectivity index (χ1v) is 23.1. The van der Waals surface area contributed by atoms with Crippen molar-refractivity contribution in [2.45, 2.75) is 31.7 Å². The van der Waals surface area contributed by atoms with Crippen LogP contribution in [-0.4, -0.2) is 14.2 Å². The lowest BCUT2D eigenvalue weighted by molar-refractivity contribution is 0.270. The predicted molar refractivity (Wildman–Crippen MR) is 238 cm³/mol. The Hall–Kier alpha value is -6.22. The molecule has 1 aliphatic carbocycles. The summed E-state index contributed by atoms with van der Waals surface area (Å²) in [4.78, 5) is 0. The van der Waals surface area contributed by atoms with Crippen molar-refractivity contribution in [2.24, 2.45) is 0 Å². The Bertz CT molecular complexity index is 3240. The SMILES string of the molecule is C[Si](C)(C)c1ccc(-c2cc(-c3ccc4ccc5cccc6ccc3c4c56)cc3c2OC2C=CC(c4ccc5ccc6cccc7ccc4c5c67)=CC32)cc1. The van der Waals surface area contributed by atoms with Crippen LogP contribution in [0.25, 0.3) is 92.5 Å². The highest BCUT2D eigenvalue weighted by molar-refractivity contribution is 6.88. The first-order valence-electron chi connectivity index (χ1n) is 19.6. The van der Waals surface area contributed by atoms with E-state index in [0.29, 0.717) is 0 Å². The molecule has 0 N–H and O–H groups in total. The summed E-state index contributed by atoms with van der Waals surface area (Å²) >= 11 is 0. The quantitative estimate of drug-likeness (QED) is 0.130. The van der Waals surface area contributed by atoms with Crippen molar-refractivity contribution in [3.8, 4) is 28.0 Å². The molecule has 1 nitrogen and oxygen atoms in total. The average molecular weight is 719 g/mol. The van der Waals surface area contributed by atoms with Gasteiger partial charge in [-0.25, -0.2) is 0 Å². The molecule has 1 aliphatic heterocycles. The molecule has 10 aromatic rings. The molecule has 260 valence electrons. The van der Waals surface area contributed by atoms with Crippen LogP contribution in [0.3, 0.4) is 0 Å². The number of hydrogen-bond donors (Lipinski definition) is 0. The van der Waals surface area contributed by atoms with Gasteiger partial charge in [-0.2, -0.15) is 0 Å². The van der Waals surface area contributed by atoms with Crippen molar-refractivity contribution in [2.75, 3.05) is 0 Å². The largest absolute Gasteiger partial charge is 0.484 e. The smallest absolute Gasteiger partial charge is 0.132 e. The predicted octanol–water partition coefficient (Wildman–Crippen LogP) is 13.9. The van der Waals surface area contributed by atoms with Crippen LogP contribution >= 0.6 is 0 Å². The Kier molecular flexibility index (Phi) is 6.32. The van der Waals surface area contributed by atoms with E-state index in [0.717, 1.165) is 5.75 Å². The van der Waals surface area contributed by atoms with Gasteiger partial charge in [-0.3, -0.25) is 0 Å². The number of fused-ring (bicyclic) bond motifs is 3. The highest BCUT2D eigenvalue weighted by Crippen LogP contribution is 2.51.